The summed E-state index contributed by atoms with van der Waals surface area (Å²) in [7, 11) is 0. The molecule has 4 rings (SSSR count). The molecular weight excluding hydrogens is 394 g/mol. The van der Waals surface area contributed by atoms with E-state index in [-0.39, 0.29) is 24.4 Å². The van der Waals surface area contributed by atoms with Crippen molar-refractivity contribution in [1.82, 2.24) is 15.5 Å². The maximum absolute atomic E-state index is 12.6. The van der Waals surface area contributed by atoms with Crippen LogP contribution in [0.3, 0.4) is 0 Å². The molecule has 31 heavy (non-hydrogen) atoms. The first-order valence-corrected chi connectivity index (χ1v) is 10.9. The van der Waals surface area contributed by atoms with Gasteiger partial charge < -0.3 is 25.4 Å². The topological polar surface area (TPSA) is 90.9 Å². The third-order valence-corrected chi connectivity index (χ3v) is 5.95. The highest BCUT2D eigenvalue weighted by molar-refractivity contribution is 5.97. The summed E-state index contributed by atoms with van der Waals surface area (Å²) in [4.78, 5) is 26.9. The minimum Gasteiger partial charge on any atom is -0.390 e. The van der Waals surface area contributed by atoms with Crippen LogP contribution in [-0.2, 0) is 17.7 Å². The van der Waals surface area contributed by atoms with E-state index < -0.39 is 6.10 Å². The average Bonchev–Trinajstić information content (AvgIpc) is 3.11. The molecule has 7 heteroatoms. The zero-order valence-electron chi connectivity index (χ0n) is 17.5. The highest BCUT2D eigenvalue weighted by atomic mass is 16.5. The van der Waals surface area contributed by atoms with Gasteiger partial charge in [0, 0.05) is 50.0 Å². The van der Waals surface area contributed by atoms with Gasteiger partial charge in [0.1, 0.15) is 0 Å². The Morgan fingerprint density at radius 2 is 1.81 bits per heavy atom. The van der Waals surface area contributed by atoms with Gasteiger partial charge in [0.25, 0.3) is 11.8 Å². The Morgan fingerprint density at radius 1 is 1.06 bits per heavy atom. The van der Waals surface area contributed by atoms with Gasteiger partial charge in [0.2, 0.25) is 0 Å². The molecule has 1 saturated heterocycles. The number of nitrogens with zero attached hydrogens (tertiary/aromatic N) is 1. The number of hydrogen-bond acceptors (Lipinski definition) is 5. The molecule has 7 nitrogen and oxygen atoms in total. The number of rotatable bonds is 5. The Balaban J connectivity index is 1.29. The molecule has 1 unspecified atom stereocenters. The predicted molar refractivity (Wildman–Crippen MR) is 117 cm³/mol. The van der Waals surface area contributed by atoms with E-state index in [9.17, 15) is 14.7 Å². The van der Waals surface area contributed by atoms with Crippen LogP contribution in [0, 0.1) is 0 Å². The first-order chi connectivity index (χ1) is 15.1. The minimum atomic E-state index is -0.691. The van der Waals surface area contributed by atoms with Gasteiger partial charge in [-0.05, 0) is 48.2 Å². The summed E-state index contributed by atoms with van der Waals surface area (Å²) >= 11 is 0. The molecule has 0 aliphatic carbocycles. The monoisotopic (exact) mass is 423 g/mol. The number of ether oxygens (including phenoxy) is 1. The Bertz CT molecular complexity index is 907. The van der Waals surface area contributed by atoms with Crippen molar-refractivity contribution < 1.29 is 19.4 Å². The van der Waals surface area contributed by atoms with Gasteiger partial charge in [-0.2, -0.15) is 0 Å². The number of nitrogens with one attached hydrogen (secondary N) is 2. The smallest absolute Gasteiger partial charge is 0.253 e. The fraction of sp³-hybridized carbons (Fsp3) is 0.417. The first kappa shape index (κ1) is 21.5. The third kappa shape index (κ3) is 5.31. The van der Waals surface area contributed by atoms with Crippen LogP contribution in [-0.4, -0.2) is 66.8 Å². The lowest BCUT2D eigenvalue weighted by Crippen LogP contribution is -2.49. The van der Waals surface area contributed by atoms with E-state index in [0.29, 0.717) is 44.0 Å². The number of fused-ring (bicyclic) bond motifs is 1. The number of hydrogen-bond donors (Lipinski definition) is 3. The molecule has 0 bridgehead atoms. The molecule has 2 aromatic rings. The highest BCUT2D eigenvalue weighted by Crippen LogP contribution is 2.18. The Labute approximate surface area is 182 Å². The third-order valence-electron chi connectivity index (χ3n) is 5.95. The number of benzene rings is 2. The number of carbonyl (C=O) groups excluding carboxylic acids is 2. The van der Waals surface area contributed by atoms with Gasteiger partial charge in [-0.1, -0.05) is 24.3 Å². The van der Waals surface area contributed by atoms with Crippen LogP contribution in [0.4, 0.5) is 0 Å². The molecule has 0 saturated carbocycles. The highest BCUT2D eigenvalue weighted by Gasteiger charge is 2.25. The van der Waals surface area contributed by atoms with Gasteiger partial charge in [0.15, 0.2) is 0 Å². The van der Waals surface area contributed by atoms with Crippen molar-refractivity contribution in [3.05, 3.63) is 70.8 Å². The standard InChI is InChI=1S/C24H29N3O4/c28-22(21-14-19-4-1-2-5-20(19)15-25-21)16-26-23(29)17-6-8-18(9-7-17)24(30)27-10-3-12-31-13-11-27/h1-2,4-9,21-22,25,28H,3,10-16H2,(H,26,29)/t21-,22?/m0/s1. The number of carbonyl (C=O) groups is 2. The van der Waals surface area contributed by atoms with Gasteiger partial charge in [-0.25, -0.2) is 0 Å². The second-order valence-electron chi connectivity index (χ2n) is 8.07. The molecule has 0 radical (unpaired) electrons. The van der Waals surface area contributed by atoms with Crippen molar-refractivity contribution in [1.29, 1.82) is 0 Å². The first-order valence-electron chi connectivity index (χ1n) is 10.9. The summed E-state index contributed by atoms with van der Waals surface area (Å²) in [6.07, 6.45) is 0.866. The molecule has 2 aromatic carbocycles. The molecule has 2 atom stereocenters. The lowest BCUT2D eigenvalue weighted by atomic mass is 9.93. The predicted octanol–water partition coefficient (Wildman–Crippen LogP) is 1.35. The van der Waals surface area contributed by atoms with Crippen LogP contribution >= 0.6 is 0 Å². The van der Waals surface area contributed by atoms with Gasteiger partial charge in [-0.3, -0.25) is 9.59 Å². The van der Waals surface area contributed by atoms with Crippen molar-refractivity contribution in [3.8, 4) is 0 Å². The molecule has 2 aliphatic rings. The lowest BCUT2D eigenvalue weighted by Gasteiger charge is -2.30. The molecule has 0 aromatic heterocycles. The summed E-state index contributed by atoms with van der Waals surface area (Å²) < 4.78 is 5.40. The van der Waals surface area contributed by atoms with E-state index in [1.807, 2.05) is 12.1 Å². The minimum absolute atomic E-state index is 0.0449. The molecule has 164 valence electrons. The second kappa shape index (κ2) is 10.0. The molecule has 2 heterocycles. The SMILES string of the molecule is O=C(NCC(O)[C@@H]1Cc2ccccc2CN1)c1ccc(C(=O)N2CCCOCC2)cc1. The van der Waals surface area contributed by atoms with Crippen LogP contribution < -0.4 is 10.6 Å². The summed E-state index contributed by atoms with van der Waals surface area (Å²) in [5, 5.41) is 16.7. The fourth-order valence-electron chi connectivity index (χ4n) is 4.09. The van der Waals surface area contributed by atoms with Gasteiger partial charge in [0.05, 0.1) is 12.7 Å². The van der Waals surface area contributed by atoms with Crippen molar-refractivity contribution in [2.75, 3.05) is 32.8 Å². The van der Waals surface area contributed by atoms with Crippen LogP contribution in [0.15, 0.2) is 48.5 Å². The van der Waals surface area contributed by atoms with Crippen LogP contribution in [0.2, 0.25) is 0 Å². The normalized spacial score (nSPS) is 19.8. The van der Waals surface area contributed by atoms with E-state index in [4.69, 9.17) is 4.74 Å². The molecular formula is C24H29N3O4. The van der Waals surface area contributed by atoms with E-state index >= 15 is 0 Å². The largest absolute Gasteiger partial charge is 0.390 e. The van der Waals surface area contributed by atoms with Crippen molar-refractivity contribution in [3.63, 3.8) is 0 Å². The molecule has 3 N–H and O–H groups in total. The van der Waals surface area contributed by atoms with Crippen LogP contribution in [0.25, 0.3) is 0 Å². The van der Waals surface area contributed by atoms with Gasteiger partial charge in [-0.15, -0.1) is 0 Å². The van der Waals surface area contributed by atoms with E-state index in [2.05, 4.69) is 22.8 Å². The summed E-state index contributed by atoms with van der Waals surface area (Å²) in [6.45, 7) is 3.36. The van der Waals surface area contributed by atoms with Crippen LogP contribution in [0.1, 0.15) is 38.3 Å². The van der Waals surface area contributed by atoms with Crippen molar-refractivity contribution in [2.24, 2.45) is 0 Å². The maximum Gasteiger partial charge on any atom is 0.253 e. The second-order valence-corrected chi connectivity index (χ2v) is 8.07. The number of amides is 2. The lowest BCUT2D eigenvalue weighted by molar-refractivity contribution is 0.0740. The number of aliphatic hydroxyl groups is 1. The van der Waals surface area contributed by atoms with E-state index in [0.717, 1.165) is 12.8 Å². The van der Waals surface area contributed by atoms with E-state index in [1.165, 1.54) is 11.1 Å². The zero-order valence-corrected chi connectivity index (χ0v) is 17.5. The van der Waals surface area contributed by atoms with Crippen molar-refractivity contribution >= 4 is 11.8 Å². The Kier molecular flexibility index (Phi) is 6.96. The Hall–Kier alpha value is -2.74. The molecule has 2 amide bonds. The molecule has 0 spiro atoms. The summed E-state index contributed by atoms with van der Waals surface area (Å²) in [5.41, 5.74) is 3.50. The number of aliphatic hydroxyl groups excluding tert-OH is 1. The fourth-order valence-corrected chi connectivity index (χ4v) is 4.09. The summed E-state index contributed by atoms with van der Waals surface area (Å²) in [6, 6.07) is 14.7. The maximum atomic E-state index is 12.6. The van der Waals surface area contributed by atoms with Crippen molar-refractivity contribution in [2.45, 2.75) is 31.5 Å². The average molecular weight is 424 g/mol. The van der Waals surface area contributed by atoms with Crippen LogP contribution in [0.5, 0.6) is 0 Å². The summed E-state index contributed by atoms with van der Waals surface area (Å²) in [5.74, 6) is -0.311. The van der Waals surface area contributed by atoms with Gasteiger partial charge >= 0.3 is 0 Å². The Morgan fingerprint density at radius 3 is 2.61 bits per heavy atom. The zero-order chi connectivity index (χ0) is 21.6. The molecule has 2 aliphatic heterocycles. The molecule has 1 fully saturated rings. The quantitative estimate of drug-likeness (QED) is 0.676. The van der Waals surface area contributed by atoms with E-state index in [1.54, 1.807) is 29.2 Å².